The number of aliphatic carboxylic acids is 1. The molecule has 1 aromatic rings. The van der Waals surface area contributed by atoms with Crippen LogP contribution in [0.1, 0.15) is 37.8 Å². The third-order valence-corrected chi connectivity index (χ3v) is 1.95. The Morgan fingerprint density at radius 1 is 1.57 bits per heavy atom. The smallest absolute Gasteiger partial charge is 0.303 e. The van der Waals surface area contributed by atoms with Crippen LogP contribution < -0.4 is 0 Å². The summed E-state index contributed by atoms with van der Waals surface area (Å²) >= 11 is 0. The number of carboxylic acids is 1. The molecule has 0 amide bonds. The van der Waals surface area contributed by atoms with Crippen molar-refractivity contribution in [2.24, 2.45) is 7.05 Å². The Kier molecular flexibility index (Phi) is 3.22. The fourth-order valence-electron chi connectivity index (χ4n) is 1.12. The van der Waals surface area contributed by atoms with Gasteiger partial charge in [-0.2, -0.15) is 5.10 Å². The van der Waals surface area contributed by atoms with E-state index in [1.165, 1.54) is 0 Å². The van der Waals surface area contributed by atoms with Crippen LogP contribution in [0.4, 0.5) is 0 Å². The monoisotopic (exact) mass is 197 g/mol. The molecule has 0 aromatic carbocycles. The van der Waals surface area contributed by atoms with E-state index in [-0.39, 0.29) is 12.3 Å². The van der Waals surface area contributed by atoms with E-state index in [0.717, 1.165) is 11.6 Å². The van der Waals surface area contributed by atoms with Gasteiger partial charge in [0.25, 0.3) is 0 Å². The molecule has 0 unspecified atom stereocenters. The highest BCUT2D eigenvalue weighted by Gasteiger charge is 2.10. The van der Waals surface area contributed by atoms with E-state index in [2.05, 4.69) is 10.1 Å². The van der Waals surface area contributed by atoms with Crippen molar-refractivity contribution in [1.29, 1.82) is 0 Å². The largest absolute Gasteiger partial charge is 0.481 e. The van der Waals surface area contributed by atoms with Crippen molar-refractivity contribution >= 4 is 5.97 Å². The molecule has 0 aliphatic carbocycles. The molecular formula is C9H15N3O2. The molecule has 5 heteroatoms. The molecule has 1 rings (SSSR count). The van der Waals surface area contributed by atoms with E-state index in [4.69, 9.17) is 5.11 Å². The molecule has 0 radical (unpaired) electrons. The van der Waals surface area contributed by atoms with Crippen LogP contribution in [0.25, 0.3) is 0 Å². The van der Waals surface area contributed by atoms with Crippen LogP contribution in [0.5, 0.6) is 0 Å². The molecule has 5 nitrogen and oxygen atoms in total. The standard InChI is InChI=1S/C9H15N3O2/c1-6(2)9-10-7(12(3)11-9)4-5-8(13)14/h6H,4-5H2,1-3H3,(H,13,14). The van der Waals surface area contributed by atoms with Crippen molar-refractivity contribution in [1.82, 2.24) is 14.8 Å². The highest BCUT2D eigenvalue weighted by molar-refractivity contribution is 5.66. The zero-order valence-electron chi connectivity index (χ0n) is 8.69. The first-order valence-electron chi connectivity index (χ1n) is 4.62. The van der Waals surface area contributed by atoms with Crippen LogP contribution in [0.15, 0.2) is 0 Å². The number of rotatable bonds is 4. The maximum Gasteiger partial charge on any atom is 0.303 e. The van der Waals surface area contributed by atoms with Gasteiger partial charge in [0.05, 0.1) is 6.42 Å². The SMILES string of the molecule is CC(C)c1nc(CCC(=O)O)n(C)n1. The van der Waals surface area contributed by atoms with Gasteiger partial charge < -0.3 is 5.11 Å². The maximum absolute atomic E-state index is 10.4. The third kappa shape index (κ3) is 2.55. The molecule has 0 saturated carbocycles. The van der Waals surface area contributed by atoms with Crippen molar-refractivity contribution in [3.8, 4) is 0 Å². The number of aryl methyl sites for hydroxylation is 2. The predicted octanol–water partition coefficient (Wildman–Crippen LogP) is 0.956. The summed E-state index contributed by atoms with van der Waals surface area (Å²) in [6.45, 7) is 4.02. The molecule has 1 aromatic heterocycles. The number of aromatic nitrogens is 3. The van der Waals surface area contributed by atoms with Crippen LogP contribution in [0, 0.1) is 0 Å². The van der Waals surface area contributed by atoms with Gasteiger partial charge in [0.2, 0.25) is 0 Å². The summed E-state index contributed by atoms with van der Waals surface area (Å²) in [7, 11) is 1.79. The lowest BCUT2D eigenvalue weighted by atomic mass is 10.2. The van der Waals surface area contributed by atoms with Gasteiger partial charge in [0, 0.05) is 19.4 Å². The fourth-order valence-corrected chi connectivity index (χ4v) is 1.12. The Morgan fingerprint density at radius 2 is 2.21 bits per heavy atom. The Balaban J connectivity index is 2.72. The van der Waals surface area contributed by atoms with E-state index < -0.39 is 5.97 Å². The quantitative estimate of drug-likeness (QED) is 0.780. The molecule has 14 heavy (non-hydrogen) atoms. The van der Waals surface area contributed by atoms with Gasteiger partial charge in [-0.1, -0.05) is 13.8 Å². The first-order valence-corrected chi connectivity index (χ1v) is 4.62. The van der Waals surface area contributed by atoms with Gasteiger partial charge >= 0.3 is 5.97 Å². The maximum atomic E-state index is 10.4. The number of carbonyl (C=O) groups is 1. The van der Waals surface area contributed by atoms with E-state index in [1.807, 2.05) is 13.8 Å². The molecular weight excluding hydrogens is 182 g/mol. The fraction of sp³-hybridized carbons (Fsp3) is 0.667. The molecule has 78 valence electrons. The lowest BCUT2D eigenvalue weighted by molar-refractivity contribution is -0.137. The molecule has 0 aliphatic rings. The van der Waals surface area contributed by atoms with E-state index in [1.54, 1.807) is 11.7 Å². The van der Waals surface area contributed by atoms with Crippen molar-refractivity contribution < 1.29 is 9.90 Å². The van der Waals surface area contributed by atoms with Gasteiger partial charge in [-0.3, -0.25) is 9.48 Å². The van der Waals surface area contributed by atoms with E-state index >= 15 is 0 Å². The second-order valence-electron chi connectivity index (χ2n) is 3.56. The molecule has 0 fully saturated rings. The normalized spacial score (nSPS) is 10.9. The van der Waals surface area contributed by atoms with Crippen LogP contribution in [0.3, 0.4) is 0 Å². The number of carboxylic acid groups (broad SMARTS) is 1. The van der Waals surface area contributed by atoms with Gasteiger partial charge in [-0.05, 0) is 0 Å². The minimum absolute atomic E-state index is 0.101. The summed E-state index contributed by atoms with van der Waals surface area (Å²) in [6, 6.07) is 0. The molecule has 0 atom stereocenters. The Bertz CT molecular complexity index is 331. The van der Waals surface area contributed by atoms with E-state index in [0.29, 0.717) is 6.42 Å². The van der Waals surface area contributed by atoms with Gasteiger partial charge in [0.1, 0.15) is 5.82 Å². The summed E-state index contributed by atoms with van der Waals surface area (Å²) in [5.41, 5.74) is 0. The first kappa shape index (κ1) is 10.7. The van der Waals surface area contributed by atoms with Gasteiger partial charge in [-0.15, -0.1) is 0 Å². The zero-order chi connectivity index (χ0) is 10.7. The topological polar surface area (TPSA) is 68.0 Å². The molecule has 0 saturated heterocycles. The Labute approximate surface area is 82.8 Å². The summed E-state index contributed by atoms with van der Waals surface area (Å²) in [6.07, 6.45) is 0.537. The highest BCUT2D eigenvalue weighted by atomic mass is 16.4. The predicted molar refractivity (Wildman–Crippen MR) is 51.0 cm³/mol. The van der Waals surface area contributed by atoms with Crippen molar-refractivity contribution in [2.75, 3.05) is 0 Å². The highest BCUT2D eigenvalue weighted by Crippen LogP contribution is 2.10. The number of nitrogens with zero attached hydrogens (tertiary/aromatic N) is 3. The van der Waals surface area contributed by atoms with Crippen molar-refractivity contribution in [2.45, 2.75) is 32.6 Å². The third-order valence-electron chi connectivity index (χ3n) is 1.95. The van der Waals surface area contributed by atoms with E-state index in [9.17, 15) is 4.79 Å². The number of hydrogen-bond donors (Lipinski definition) is 1. The van der Waals surface area contributed by atoms with Crippen LogP contribution in [-0.2, 0) is 18.3 Å². The second-order valence-corrected chi connectivity index (χ2v) is 3.56. The molecule has 1 N–H and O–H groups in total. The Morgan fingerprint density at radius 3 is 2.64 bits per heavy atom. The Hall–Kier alpha value is -1.39. The molecule has 1 heterocycles. The lowest BCUT2D eigenvalue weighted by Gasteiger charge is -1.95. The first-order chi connectivity index (χ1) is 6.50. The number of hydrogen-bond acceptors (Lipinski definition) is 3. The van der Waals surface area contributed by atoms with Gasteiger partial charge in [0.15, 0.2) is 5.82 Å². The lowest BCUT2D eigenvalue weighted by Crippen LogP contribution is -2.03. The average molecular weight is 197 g/mol. The summed E-state index contributed by atoms with van der Waals surface area (Å²) in [4.78, 5) is 14.6. The second kappa shape index (κ2) is 4.21. The van der Waals surface area contributed by atoms with Crippen molar-refractivity contribution in [3.63, 3.8) is 0 Å². The summed E-state index contributed by atoms with van der Waals surface area (Å²) in [5, 5.41) is 12.7. The minimum atomic E-state index is -0.806. The molecule has 0 bridgehead atoms. The minimum Gasteiger partial charge on any atom is -0.481 e. The van der Waals surface area contributed by atoms with Crippen LogP contribution >= 0.6 is 0 Å². The van der Waals surface area contributed by atoms with Crippen LogP contribution in [-0.4, -0.2) is 25.8 Å². The van der Waals surface area contributed by atoms with Gasteiger partial charge in [-0.25, -0.2) is 4.98 Å². The molecule has 0 aliphatic heterocycles. The average Bonchev–Trinajstić information content (AvgIpc) is 2.43. The van der Waals surface area contributed by atoms with Crippen LogP contribution in [0.2, 0.25) is 0 Å². The van der Waals surface area contributed by atoms with Crippen molar-refractivity contribution in [3.05, 3.63) is 11.6 Å². The summed E-state index contributed by atoms with van der Waals surface area (Å²) < 4.78 is 1.65. The molecule has 0 spiro atoms. The zero-order valence-corrected chi connectivity index (χ0v) is 8.69. The summed E-state index contributed by atoms with van der Waals surface area (Å²) in [5.74, 6) is 0.975.